The van der Waals surface area contributed by atoms with Gasteiger partial charge in [-0.1, -0.05) is 38.2 Å². The molecule has 2 nitrogen and oxygen atoms in total. The molecule has 0 saturated carbocycles. The van der Waals surface area contributed by atoms with Gasteiger partial charge in [-0.3, -0.25) is 4.99 Å². The van der Waals surface area contributed by atoms with Crippen LogP contribution in [0.1, 0.15) is 20.8 Å². The van der Waals surface area contributed by atoms with Crippen molar-refractivity contribution in [2.24, 2.45) is 10.9 Å². The first-order valence-corrected chi connectivity index (χ1v) is 4.95. The first-order chi connectivity index (χ1) is 6.68. The Bertz CT molecular complexity index is 362. The van der Waals surface area contributed by atoms with E-state index in [0.717, 1.165) is 5.71 Å². The summed E-state index contributed by atoms with van der Waals surface area (Å²) in [6, 6.07) is 0. The Kier molecular flexibility index (Phi) is 4.13. The Hall–Kier alpha value is -2.44. The molecule has 2 aliphatic rings. The van der Waals surface area contributed by atoms with Gasteiger partial charge in [-0.2, -0.15) is 0 Å². The van der Waals surface area contributed by atoms with E-state index in [1.165, 1.54) is 17.2 Å². The van der Waals surface area contributed by atoms with E-state index in [0.29, 0.717) is 5.92 Å². The van der Waals surface area contributed by atoms with Crippen LogP contribution in [0.5, 0.6) is 0 Å². The maximum absolute atomic E-state index is 4.47. The van der Waals surface area contributed by atoms with E-state index in [4.69, 9.17) is 0 Å². The molecular formula is C13H18LrN2-2. The van der Waals surface area contributed by atoms with Crippen molar-refractivity contribution in [2.45, 2.75) is 20.8 Å². The van der Waals surface area contributed by atoms with Crippen LogP contribution >= 0.6 is 0 Å². The van der Waals surface area contributed by atoms with E-state index in [9.17, 15) is 0 Å². The smallest absolute Gasteiger partial charge is 0.0164 e. The van der Waals surface area contributed by atoms with Gasteiger partial charge in [0.1, 0.15) is 0 Å². The second kappa shape index (κ2) is 4.87. The van der Waals surface area contributed by atoms with Gasteiger partial charge in [-0.25, -0.2) is 0 Å². The average molecular weight is 464 g/mol. The first kappa shape index (κ1) is 13.6. The minimum absolute atomic E-state index is 0. The molecular weight excluding hydrogens is 446 g/mol. The van der Waals surface area contributed by atoms with Crippen molar-refractivity contribution < 1.29 is 0 Å². The van der Waals surface area contributed by atoms with Gasteiger partial charge in [0.05, 0.1) is 0 Å². The Morgan fingerprint density at radius 2 is 2.06 bits per heavy atom. The van der Waals surface area contributed by atoms with Gasteiger partial charge in [0.25, 0.3) is 0 Å². The van der Waals surface area contributed by atoms with Gasteiger partial charge in [-0.05, 0) is 11.6 Å². The molecule has 0 atom stereocenters. The Balaban J connectivity index is 0.00000112. The summed E-state index contributed by atoms with van der Waals surface area (Å²) in [6.07, 6.45) is 8.09. The zero-order valence-corrected chi connectivity index (χ0v) is 12.2. The van der Waals surface area contributed by atoms with Crippen LogP contribution < -0.4 is 5.32 Å². The fourth-order valence-electron chi connectivity index (χ4n) is 1.54. The van der Waals surface area contributed by atoms with Crippen LogP contribution in [0.4, 0.5) is 0 Å². The quantitative estimate of drug-likeness (QED) is 0.594. The molecule has 0 amide bonds. The minimum Gasteiger partial charge on any atom is -0.395 e. The van der Waals surface area contributed by atoms with Crippen LogP contribution in [-0.4, -0.2) is 5.71 Å². The minimum atomic E-state index is 0. The Morgan fingerprint density at radius 1 is 1.38 bits per heavy atom. The number of allylic oxidation sites excluding steroid dienone is 4. The molecule has 0 fully saturated rings. The van der Waals surface area contributed by atoms with Crippen molar-refractivity contribution >= 4 is 5.71 Å². The van der Waals surface area contributed by atoms with Crippen LogP contribution in [0, 0.1) is 19.3 Å². The molecule has 2 bridgehead atoms. The number of nitrogens with zero attached hydrogens (tertiary/aromatic N) is 1. The second-order valence-electron chi connectivity index (χ2n) is 3.96. The molecule has 2 aliphatic heterocycles. The molecule has 0 aromatic carbocycles. The third kappa shape index (κ3) is 2.14. The van der Waals surface area contributed by atoms with E-state index in [1.54, 1.807) is 0 Å². The molecule has 16 heavy (non-hydrogen) atoms. The number of hydrogen-bond donors (Lipinski definition) is 1. The number of rotatable bonds is 1. The van der Waals surface area contributed by atoms with Gasteiger partial charge < -0.3 is 12.7 Å². The predicted octanol–water partition coefficient (Wildman–Crippen LogP) is 3.03. The summed E-state index contributed by atoms with van der Waals surface area (Å²) in [7, 11) is 0. The van der Waals surface area contributed by atoms with Gasteiger partial charge in [0.2, 0.25) is 0 Å². The molecule has 97 valence electrons. The molecule has 0 spiro atoms. The number of aliphatic imine (C=N–C) groups is 1. The average Bonchev–Trinajstić information content (AvgIpc) is 2.26. The van der Waals surface area contributed by atoms with Crippen molar-refractivity contribution in [3.05, 3.63) is 49.2 Å². The largest absolute Gasteiger partial charge is 0.395 e. The molecule has 0 unspecified atom stereocenters. The molecule has 0 aromatic heterocycles. The number of nitrogens with one attached hydrogen (secondary N) is 1. The van der Waals surface area contributed by atoms with E-state index in [1.807, 2.05) is 18.5 Å². The summed E-state index contributed by atoms with van der Waals surface area (Å²) in [6.45, 7) is 6.46. The van der Waals surface area contributed by atoms with E-state index in [2.05, 4.69) is 37.2 Å². The topological polar surface area (TPSA) is 24.4 Å². The van der Waals surface area contributed by atoms with Gasteiger partial charge in [0.15, 0.2) is 0 Å². The second-order valence-corrected chi connectivity index (χ2v) is 3.96. The standard InChI is InChI=1S/C12H15N2.CH3.Lr/c1-8(2)10-6-12-9(3)11(14-7-10)4-5-13-12;;/h4-8,13H,1-3H3;1H3;/q2*-1;. The zero-order chi connectivity index (χ0) is 10.1. The van der Waals surface area contributed by atoms with E-state index >= 15 is 0 Å². The molecule has 1 N–H and O–H groups in total. The van der Waals surface area contributed by atoms with Crippen molar-refractivity contribution in [1.82, 2.24) is 5.32 Å². The third-order valence-electron chi connectivity index (χ3n) is 2.60. The monoisotopic (exact) mass is 464 g/mol. The maximum Gasteiger partial charge on any atom is 0.0164 e. The first-order valence-electron chi connectivity index (χ1n) is 4.95. The predicted molar refractivity (Wildman–Crippen MR) is 66.0 cm³/mol. The van der Waals surface area contributed by atoms with E-state index < -0.39 is 0 Å². The van der Waals surface area contributed by atoms with Gasteiger partial charge in [-0.15, -0.1) is 18.1 Å². The van der Waals surface area contributed by atoms with Crippen LogP contribution in [0.2, 0.25) is 0 Å². The van der Waals surface area contributed by atoms with Gasteiger partial charge in [0, 0.05) is 6.20 Å². The summed E-state index contributed by atoms with van der Waals surface area (Å²) in [4.78, 5) is 4.47. The third-order valence-corrected chi connectivity index (χ3v) is 2.60. The normalized spacial score (nSPS) is 17.2. The Labute approximate surface area is 92.5 Å². The molecule has 2 heterocycles. The molecule has 1 radical (unpaired) electrons. The summed E-state index contributed by atoms with van der Waals surface area (Å²) < 4.78 is 0. The molecule has 0 aromatic rings. The molecule has 2 rings (SSSR count). The zero-order valence-electron chi connectivity index (χ0n) is 10.1. The summed E-state index contributed by atoms with van der Waals surface area (Å²) >= 11 is 0. The van der Waals surface area contributed by atoms with Crippen LogP contribution in [0.25, 0.3) is 0 Å². The van der Waals surface area contributed by atoms with Crippen LogP contribution in [0.15, 0.2) is 40.8 Å². The molecule has 3 heteroatoms. The number of hydrogen-bond acceptors (Lipinski definition) is 2. The fourth-order valence-corrected chi connectivity index (χ4v) is 1.54. The SMILES string of the molecule is C[C-]1C2=CC(C(C)C)=CN=C1C=CN2.[CH3-].[Lr]. The molecule has 0 saturated heterocycles. The van der Waals surface area contributed by atoms with E-state index in [-0.39, 0.29) is 7.43 Å². The fraction of sp³-hybridized carbons (Fsp3) is 0.308. The maximum atomic E-state index is 4.47. The van der Waals surface area contributed by atoms with Crippen molar-refractivity contribution in [3.63, 3.8) is 0 Å². The summed E-state index contributed by atoms with van der Waals surface area (Å²) in [5, 5.41) is 3.25. The van der Waals surface area contributed by atoms with Crippen molar-refractivity contribution in [2.75, 3.05) is 0 Å². The van der Waals surface area contributed by atoms with Gasteiger partial charge >= 0.3 is 0 Å². The summed E-state index contributed by atoms with van der Waals surface area (Å²) in [5.41, 5.74) is 3.50. The van der Waals surface area contributed by atoms with Crippen molar-refractivity contribution in [1.29, 1.82) is 0 Å². The summed E-state index contributed by atoms with van der Waals surface area (Å²) in [5.74, 6) is 1.74. The van der Waals surface area contributed by atoms with Crippen LogP contribution in [-0.2, 0) is 0 Å². The molecule has 0 aliphatic carbocycles. The van der Waals surface area contributed by atoms with Crippen molar-refractivity contribution in [3.8, 4) is 0 Å². The number of fused-ring (bicyclic) bond motifs is 2. The Morgan fingerprint density at radius 3 is 2.69 bits per heavy atom. The van der Waals surface area contributed by atoms with Crippen LogP contribution in [0.3, 0.4) is 0 Å².